The summed E-state index contributed by atoms with van der Waals surface area (Å²) in [5.41, 5.74) is 9.24. The molecule has 2 heterocycles. The first-order valence-corrected chi connectivity index (χ1v) is 9.65. The Hall–Kier alpha value is -3.18. The minimum Gasteiger partial charge on any atom is -0.438 e. The molecule has 0 radical (unpaired) electrons. The van der Waals surface area contributed by atoms with E-state index < -0.39 is 0 Å². The number of nitrogens with zero attached hydrogens (tertiary/aromatic N) is 1. The van der Waals surface area contributed by atoms with Gasteiger partial charge in [0.25, 0.3) is 0 Å². The quantitative estimate of drug-likeness (QED) is 0.458. The summed E-state index contributed by atoms with van der Waals surface area (Å²) in [4.78, 5) is 17.5. The van der Waals surface area contributed by atoms with Crippen LogP contribution in [0.1, 0.15) is 34.0 Å². The number of benzene rings is 2. The van der Waals surface area contributed by atoms with E-state index in [2.05, 4.69) is 4.98 Å². The summed E-state index contributed by atoms with van der Waals surface area (Å²) in [6.45, 7) is 0. The topological polar surface area (TPSA) is 69.1 Å². The summed E-state index contributed by atoms with van der Waals surface area (Å²) in [6, 6.07) is 15.6. The molecule has 0 unspecified atom stereocenters. The van der Waals surface area contributed by atoms with Crippen molar-refractivity contribution in [1.29, 1.82) is 0 Å². The second kappa shape index (κ2) is 6.71. The molecule has 2 aromatic heterocycles. The molecule has 2 N–H and O–H groups in total. The number of halogens is 2. The van der Waals surface area contributed by atoms with E-state index in [9.17, 15) is 9.18 Å². The number of hydrogen-bond donors (Lipinski definition) is 1. The molecule has 1 atom stereocenters. The van der Waals surface area contributed by atoms with Crippen molar-refractivity contribution in [1.82, 2.24) is 4.98 Å². The lowest BCUT2D eigenvalue weighted by Gasteiger charge is -2.24. The highest BCUT2D eigenvalue weighted by Gasteiger charge is 2.32. The van der Waals surface area contributed by atoms with E-state index in [1.54, 1.807) is 30.3 Å². The summed E-state index contributed by atoms with van der Waals surface area (Å²) in [5.74, 6) is -0.197. The lowest BCUT2D eigenvalue weighted by Crippen LogP contribution is -2.22. The minimum atomic E-state index is -0.318. The van der Waals surface area contributed by atoms with Crippen molar-refractivity contribution in [3.8, 4) is 11.3 Å². The fraction of sp³-hybridized carbons (Fsp3) is 0.130. The molecule has 1 aliphatic rings. The van der Waals surface area contributed by atoms with Gasteiger partial charge in [-0.2, -0.15) is 0 Å². The van der Waals surface area contributed by atoms with E-state index in [0.29, 0.717) is 50.8 Å². The predicted octanol–water partition coefficient (Wildman–Crippen LogP) is 5.78. The van der Waals surface area contributed by atoms with Crippen LogP contribution in [0.3, 0.4) is 0 Å². The maximum Gasteiger partial charge on any atom is 0.229 e. The molecule has 0 spiro atoms. The molecule has 29 heavy (non-hydrogen) atoms. The third-order valence-electron chi connectivity index (χ3n) is 5.43. The van der Waals surface area contributed by atoms with Gasteiger partial charge in [0.2, 0.25) is 5.71 Å². The van der Waals surface area contributed by atoms with Gasteiger partial charge in [-0.1, -0.05) is 41.9 Å². The second-order valence-electron chi connectivity index (χ2n) is 7.21. The third kappa shape index (κ3) is 2.89. The van der Waals surface area contributed by atoms with E-state index in [0.717, 1.165) is 5.56 Å². The number of furan rings is 1. The largest absolute Gasteiger partial charge is 0.438 e. The maximum absolute atomic E-state index is 14.3. The maximum atomic E-state index is 14.3. The monoisotopic (exact) mass is 406 g/mol. The van der Waals surface area contributed by atoms with Gasteiger partial charge in [0.1, 0.15) is 11.6 Å². The third-order valence-corrected chi connectivity index (χ3v) is 5.76. The molecule has 0 fully saturated rings. The number of ketones is 1. The number of carbonyl (C=O) groups is 1. The fourth-order valence-electron chi connectivity index (χ4n) is 4.04. The van der Waals surface area contributed by atoms with E-state index >= 15 is 0 Å². The highest BCUT2D eigenvalue weighted by molar-refractivity contribution is 6.33. The van der Waals surface area contributed by atoms with Crippen LogP contribution in [0.2, 0.25) is 5.02 Å². The number of anilines is 1. The molecule has 6 heteroatoms. The summed E-state index contributed by atoms with van der Waals surface area (Å²) in [6.07, 6.45) is 0.616. The Balaban J connectivity index is 1.63. The average molecular weight is 407 g/mol. The van der Waals surface area contributed by atoms with Gasteiger partial charge in [-0.15, -0.1) is 0 Å². The first kappa shape index (κ1) is 17.9. The number of fused-ring (bicyclic) bond motifs is 2. The van der Waals surface area contributed by atoms with Crippen LogP contribution in [0.15, 0.2) is 59.0 Å². The van der Waals surface area contributed by atoms with Gasteiger partial charge in [-0.3, -0.25) is 4.79 Å². The lowest BCUT2D eigenvalue weighted by molar-refractivity contribution is 0.0964. The fourth-order valence-corrected chi connectivity index (χ4v) is 4.27. The van der Waals surface area contributed by atoms with Gasteiger partial charge in [0, 0.05) is 12.0 Å². The van der Waals surface area contributed by atoms with Crippen LogP contribution < -0.4 is 5.73 Å². The van der Waals surface area contributed by atoms with Gasteiger partial charge in [-0.25, -0.2) is 9.37 Å². The van der Waals surface area contributed by atoms with Crippen molar-refractivity contribution in [2.24, 2.45) is 0 Å². The number of nitrogens with two attached hydrogens (primary N) is 1. The van der Waals surface area contributed by atoms with Crippen LogP contribution >= 0.6 is 11.6 Å². The van der Waals surface area contributed by atoms with Crippen molar-refractivity contribution in [2.75, 3.05) is 5.73 Å². The second-order valence-corrected chi connectivity index (χ2v) is 7.61. The molecule has 144 valence electrons. The first-order chi connectivity index (χ1) is 14.0. The van der Waals surface area contributed by atoms with Crippen LogP contribution in [0.4, 0.5) is 10.1 Å². The SMILES string of the molecule is Nc1c2c(nc3oc(-c4ccccc4Cl)cc13)C[C@H](c1ccccc1F)CC2=O. The summed E-state index contributed by atoms with van der Waals surface area (Å²) < 4.78 is 20.2. The predicted molar refractivity (Wildman–Crippen MR) is 111 cm³/mol. The highest BCUT2D eigenvalue weighted by Crippen LogP contribution is 2.40. The molecule has 4 aromatic rings. The lowest BCUT2D eigenvalue weighted by atomic mass is 9.80. The molecule has 0 bridgehead atoms. The molecule has 0 saturated carbocycles. The summed E-state index contributed by atoms with van der Waals surface area (Å²) >= 11 is 6.28. The van der Waals surface area contributed by atoms with Crippen molar-refractivity contribution in [2.45, 2.75) is 18.8 Å². The van der Waals surface area contributed by atoms with Crippen LogP contribution in [0.25, 0.3) is 22.4 Å². The Labute approximate surface area is 171 Å². The highest BCUT2D eigenvalue weighted by atomic mass is 35.5. The van der Waals surface area contributed by atoms with E-state index in [4.69, 9.17) is 21.8 Å². The molecule has 2 aromatic carbocycles. The minimum absolute atomic E-state index is 0.133. The average Bonchev–Trinajstić information content (AvgIpc) is 3.12. The number of rotatable bonds is 2. The summed E-state index contributed by atoms with van der Waals surface area (Å²) in [7, 11) is 0. The Morgan fingerprint density at radius 3 is 2.66 bits per heavy atom. The van der Waals surface area contributed by atoms with Crippen molar-refractivity contribution < 1.29 is 13.6 Å². The number of nitrogen functional groups attached to an aromatic ring is 1. The van der Waals surface area contributed by atoms with Crippen LogP contribution in [0, 0.1) is 5.82 Å². The number of carbonyl (C=O) groups excluding carboxylic acids is 1. The Bertz CT molecular complexity index is 1280. The van der Waals surface area contributed by atoms with Gasteiger partial charge in [0.05, 0.1) is 27.4 Å². The molecule has 0 saturated heterocycles. The van der Waals surface area contributed by atoms with E-state index in [-0.39, 0.29) is 23.9 Å². The Morgan fingerprint density at radius 1 is 1.10 bits per heavy atom. The molecular formula is C23H16ClFN2O2. The number of pyridine rings is 1. The molecule has 0 amide bonds. The zero-order valence-electron chi connectivity index (χ0n) is 15.3. The zero-order chi connectivity index (χ0) is 20.1. The van der Waals surface area contributed by atoms with E-state index in [1.807, 2.05) is 18.2 Å². The first-order valence-electron chi connectivity index (χ1n) is 9.27. The zero-order valence-corrected chi connectivity index (χ0v) is 16.0. The van der Waals surface area contributed by atoms with Gasteiger partial charge in [-0.05, 0) is 42.2 Å². The van der Waals surface area contributed by atoms with Crippen molar-refractivity contribution in [3.05, 3.63) is 82.3 Å². The molecule has 5 rings (SSSR count). The van der Waals surface area contributed by atoms with Gasteiger partial charge in [0.15, 0.2) is 5.78 Å². The van der Waals surface area contributed by atoms with Crippen molar-refractivity contribution >= 4 is 34.2 Å². The summed E-state index contributed by atoms with van der Waals surface area (Å²) in [5, 5.41) is 1.13. The smallest absolute Gasteiger partial charge is 0.229 e. The number of hydrogen-bond acceptors (Lipinski definition) is 4. The Kier molecular flexibility index (Phi) is 4.14. The molecular weight excluding hydrogens is 391 g/mol. The Morgan fingerprint density at radius 2 is 1.86 bits per heavy atom. The van der Waals surface area contributed by atoms with Gasteiger partial charge >= 0.3 is 0 Å². The normalized spacial score (nSPS) is 16.2. The molecule has 0 aliphatic heterocycles. The number of aromatic nitrogens is 1. The van der Waals surface area contributed by atoms with Crippen LogP contribution in [0.5, 0.6) is 0 Å². The van der Waals surface area contributed by atoms with Crippen LogP contribution in [-0.2, 0) is 6.42 Å². The van der Waals surface area contributed by atoms with Gasteiger partial charge < -0.3 is 10.2 Å². The standard InChI is InChI=1S/C23H16ClFN2O2/c24-16-7-3-1-6-14(16)20-11-15-22(26)21-18(27-23(15)29-20)9-12(10-19(21)28)13-5-2-4-8-17(13)25/h1-8,11-12H,9-10H2,(H2,26,27)/t12-/m0/s1. The molecule has 1 aliphatic carbocycles. The number of Topliss-reactive ketones (excluding diaryl/α,β-unsaturated/α-hetero) is 1. The van der Waals surface area contributed by atoms with E-state index in [1.165, 1.54) is 6.07 Å². The van der Waals surface area contributed by atoms with Crippen LogP contribution in [-0.4, -0.2) is 10.8 Å². The van der Waals surface area contributed by atoms with Crippen molar-refractivity contribution in [3.63, 3.8) is 0 Å². The molecule has 4 nitrogen and oxygen atoms in total.